The van der Waals surface area contributed by atoms with Crippen LogP contribution in [0.2, 0.25) is 0 Å². The number of methoxy groups -OCH3 is 1. The van der Waals surface area contributed by atoms with E-state index in [9.17, 15) is 15.0 Å². The molecule has 1 fully saturated rings. The van der Waals surface area contributed by atoms with Crippen LogP contribution >= 0.6 is 0 Å². The molecule has 0 radical (unpaired) electrons. The first-order chi connectivity index (χ1) is 9.10. The van der Waals surface area contributed by atoms with Crippen LogP contribution in [0.3, 0.4) is 0 Å². The van der Waals surface area contributed by atoms with Gasteiger partial charge in [-0.3, -0.25) is 4.79 Å². The third kappa shape index (κ3) is 1.56. The normalized spacial score (nSPS) is 16.3. The van der Waals surface area contributed by atoms with E-state index < -0.39 is 11.4 Å². The van der Waals surface area contributed by atoms with Gasteiger partial charge >= 0.3 is 5.97 Å². The Bertz CT molecular complexity index is 671. The van der Waals surface area contributed by atoms with Crippen LogP contribution in [0, 0.1) is 0 Å². The lowest BCUT2D eigenvalue weighted by Gasteiger charge is -2.15. The summed E-state index contributed by atoms with van der Waals surface area (Å²) in [7, 11) is 1.57. The average Bonchev–Trinajstić information content (AvgIpc) is 3.20. The van der Waals surface area contributed by atoms with Gasteiger partial charge in [-0.1, -0.05) is 24.3 Å². The first-order valence-electron chi connectivity index (χ1n) is 6.13. The third-order valence-electron chi connectivity index (χ3n) is 3.89. The topological polar surface area (TPSA) is 66.8 Å². The van der Waals surface area contributed by atoms with Crippen LogP contribution in [-0.2, 0) is 10.2 Å². The molecule has 2 N–H and O–H groups in total. The summed E-state index contributed by atoms with van der Waals surface area (Å²) in [4.78, 5) is 11.4. The molecular weight excluding hydrogens is 244 g/mol. The Balaban J connectivity index is 2.25. The lowest BCUT2D eigenvalue weighted by Crippen LogP contribution is -2.19. The molecule has 2 aromatic carbocycles. The molecule has 0 unspecified atom stereocenters. The number of phenolic OH excluding ortho intramolecular Hbond substituents is 1. The summed E-state index contributed by atoms with van der Waals surface area (Å²) in [5.74, 6) is -0.152. The number of aromatic hydroxyl groups is 1. The van der Waals surface area contributed by atoms with Crippen molar-refractivity contribution >= 4 is 16.7 Å². The Morgan fingerprint density at radius 1 is 1.21 bits per heavy atom. The number of phenols is 1. The third-order valence-corrected chi connectivity index (χ3v) is 3.89. The summed E-state index contributed by atoms with van der Waals surface area (Å²) in [6, 6.07) is 8.87. The summed E-state index contributed by atoms with van der Waals surface area (Å²) >= 11 is 0. The van der Waals surface area contributed by atoms with Crippen LogP contribution in [0.25, 0.3) is 10.8 Å². The van der Waals surface area contributed by atoms with Gasteiger partial charge in [-0.05, 0) is 18.9 Å². The highest BCUT2D eigenvalue weighted by molar-refractivity contribution is 5.97. The van der Waals surface area contributed by atoms with Crippen molar-refractivity contribution in [2.24, 2.45) is 0 Å². The zero-order chi connectivity index (χ0) is 13.6. The van der Waals surface area contributed by atoms with Crippen LogP contribution < -0.4 is 4.74 Å². The van der Waals surface area contributed by atoms with Crippen molar-refractivity contribution in [2.75, 3.05) is 7.11 Å². The number of hydrogen-bond acceptors (Lipinski definition) is 3. The van der Waals surface area contributed by atoms with Crippen molar-refractivity contribution < 1.29 is 19.7 Å². The summed E-state index contributed by atoms with van der Waals surface area (Å²) in [6.45, 7) is 0. The molecule has 0 heterocycles. The fourth-order valence-corrected chi connectivity index (χ4v) is 2.60. The minimum Gasteiger partial charge on any atom is -0.507 e. The Kier molecular flexibility index (Phi) is 2.42. The van der Waals surface area contributed by atoms with Crippen LogP contribution in [0.5, 0.6) is 11.5 Å². The second-order valence-electron chi connectivity index (χ2n) is 4.90. The number of carbonyl (C=O) groups is 1. The molecule has 0 amide bonds. The molecule has 4 nitrogen and oxygen atoms in total. The standard InChI is InChI=1S/C15H14O4/c1-19-12-4-2-3-10-9(12)5-6-11(13(10)16)15(7-8-15)14(17)18/h2-6,16H,7-8H2,1H3,(H,17,18). The van der Waals surface area contributed by atoms with Gasteiger partial charge in [0.05, 0.1) is 12.5 Å². The van der Waals surface area contributed by atoms with Crippen molar-refractivity contribution in [1.29, 1.82) is 0 Å². The largest absolute Gasteiger partial charge is 0.507 e. The molecule has 1 aliphatic carbocycles. The number of ether oxygens (including phenoxy) is 1. The molecule has 2 aromatic rings. The van der Waals surface area contributed by atoms with Crippen LogP contribution in [-0.4, -0.2) is 23.3 Å². The van der Waals surface area contributed by atoms with Gasteiger partial charge in [0.25, 0.3) is 0 Å². The molecule has 0 atom stereocenters. The summed E-state index contributed by atoms with van der Waals surface area (Å²) in [5.41, 5.74) is -0.401. The Labute approximate surface area is 110 Å². The minimum atomic E-state index is -0.901. The predicted octanol–water partition coefficient (Wildman–Crippen LogP) is 2.67. The van der Waals surface area contributed by atoms with Crippen molar-refractivity contribution in [3.05, 3.63) is 35.9 Å². The number of carboxylic acids is 1. The van der Waals surface area contributed by atoms with Gasteiger partial charge in [0.15, 0.2) is 0 Å². The van der Waals surface area contributed by atoms with Gasteiger partial charge in [0.2, 0.25) is 0 Å². The van der Waals surface area contributed by atoms with E-state index in [1.807, 2.05) is 12.1 Å². The molecule has 1 saturated carbocycles. The van der Waals surface area contributed by atoms with Gasteiger partial charge in [-0.2, -0.15) is 0 Å². The van der Waals surface area contributed by atoms with Crippen molar-refractivity contribution in [3.63, 3.8) is 0 Å². The van der Waals surface area contributed by atoms with E-state index >= 15 is 0 Å². The smallest absolute Gasteiger partial charge is 0.314 e. The Hall–Kier alpha value is -2.23. The number of rotatable bonds is 3. The molecule has 1 aliphatic rings. The molecule has 0 saturated heterocycles. The molecule has 0 spiro atoms. The van der Waals surface area contributed by atoms with E-state index in [1.54, 1.807) is 25.3 Å². The highest BCUT2D eigenvalue weighted by Crippen LogP contribution is 2.53. The molecule has 19 heavy (non-hydrogen) atoms. The van der Waals surface area contributed by atoms with Gasteiger partial charge < -0.3 is 14.9 Å². The number of benzene rings is 2. The first-order valence-corrected chi connectivity index (χ1v) is 6.13. The Morgan fingerprint density at radius 3 is 2.53 bits per heavy atom. The van der Waals surface area contributed by atoms with Crippen LogP contribution in [0.15, 0.2) is 30.3 Å². The zero-order valence-corrected chi connectivity index (χ0v) is 10.5. The predicted molar refractivity (Wildman–Crippen MR) is 70.7 cm³/mol. The molecule has 4 heteroatoms. The van der Waals surface area contributed by atoms with Gasteiger partial charge in [0.1, 0.15) is 11.5 Å². The molecule has 3 rings (SSSR count). The van der Waals surface area contributed by atoms with E-state index in [1.165, 1.54) is 0 Å². The number of aliphatic carboxylic acids is 1. The van der Waals surface area contributed by atoms with E-state index in [2.05, 4.69) is 0 Å². The van der Waals surface area contributed by atoms with Crippen molar-refractivity contribution in [1.82, 2.24) is 0 Å². The first kappa shape index (κ1) is 11.8. The lowest BCUT2D eigenvalue weighted by molar-refractivity contribution is -0.140. The van der Waals surface area contributed by atoms with Gasteiger partial charge in [-0.15, -0.1) is 0 Å². The lowest BCUT2D eigenvalue weighted by atomic mass is 9.92. The van der Waals surface area contributed by atoms with E-state index in [-0.39, 0.29) is 5.75 Å². The number of carboxylic acid groups (broad SMARTS) is 1. The maximum Gasteiger partial charge on any atom is 0.314 e. The Morgan fingerprint density at radius 2 is 1.95 bits per heavy atom. The maximum atomic E-state index is 11.4. The fraction of sp³-hybridized carbons (Fsp3) is 0.267. The van der Waals surface area contributed by atoms with Gasteiger partial charge in [-0.25, -0.2) is 0 Å². The molecule has 0 aromatic heterocycles. The molecule has 0 aliphatic heterocycles. The summed E-state index contributed by atoms with van der Waals surface area (Å²) < 4.78 is 5.24. The van der Waals surface area contributed by atoms with Crippen LogP contribution in [0.4, 0.5) is 0 Å². The summed E-state index contributed by atoms with van der Waals surface area (Å²) in [5, 5.41) is 21.1. The molecule has 0 bridgehead atoms. The zero-order valence-electron chi connectivity index (χ0n) is 10.5. The highest BCUT2D eigenvalue weighted by Gasteiger charge is 2.53. The fourth-order valence-electron chi connectivity index (χ4n) is 2.60. The molecular formula is C15H14O4. The van der Waals surface area contributed by atoms with E-state index in [0.717, 1.165) is 5.39 Å². The van der Waals surface area contributed by atoms with E-state index in [4.69, 9.17) is 4.74 Å². The SMILES string of the molecule is COc1cccc2c(O)c(C3(C(=O)O)CC3)ccc12. The van der Waals surface area contributed by atoms with Crippen molar-refractivity contribution in [3.8, 4) is 11.5 Å². The van der Waals surface area contributed by atoms with Crippen LogP contribution in [0.1, 0.15) is 18.4 Å². The second-order valence-corrected chi connectivity index (χ2v) is 4.90. The van der Waals surface area contributed by atoms with Gasteiger partial charge in [0, 0.05) is 16.3 Å². The minimum absolute atomic E-state index is 0.0521. The van der Waals surface area contributed by atoms with Crippen molar-refractivity contribution in [2.45, 2.75) is 18.3 Å². The average molecular weight is 258 g/mol. The van der Waals surface area contributed by atoms with E-state index in [0.29, 0.717) is 29.5 Å². The molecule has 98 valence electrons. The maximum absolute atomic E-state index is 11.4. The second kappa shape index (κ2) is 3.88. The summed E-state index contributed by atoms with van der Waals surface area (Å²) in [6.07, 6.45) is 1.15. The highest BCUT2D eigenvalue weighted by atomic mass is 16.5. The quantitative estimate of drug-likeness (QED) is 0.888. The monoisotopic (exact) mass is 258 g/mol. The number of fused-ring (bicyclic) bond motifs is 1. The number of hydrogen-bond donors (Lipinski definition) is 2.